The van der Waals surface area contributed by atoms with E-state index < -0.39 is 0 Å². The lowest BCUT2D eigenvalue weighted by Gasteiger charge is -2.04. The Morgan fingerprint density at radius 3 is 2.86 bits per heavy atom. The van der Waals surface area contributed by atoms with Gasteiger partial charge in [-0.15, -0.1) is 0 Å². The van der Waals surface area contributed by atoms with Crippen LogP contribution in [-0.4, -0.2) is 24.4 Å². The number of rotatable bonds is 5. The first-order valence-corrected chi connectivity index (χ1v) is 7.27. The van der Waals surface area contributed by atoms with E-state index in [0.717, 1.165) is 17.1 Å². The Bertz CT molecular complexity index is 679. The number of carbonyl (C=O) groups excluding carboxylic acids is 1. The van der Waals surface area contributed by atoms with E-state index >= 15 is 0 Å². The molecule has 1 aliphatic rings. The second-order valence-electron chi connectivity index (χ2n) is 5.46. The molecule has 1 aromatic carbocycles. The maximum atomic E-state index is 12.0. The van der Waals surface area contributed by atoms with E-state index in [1.54, 1.807) is 6.07 Å². The first kappa shape index (κ1) is 14.4. The molecule has 0 fully saturated rings. The fraction of sp³-hybridized carbons (Fsp3) is 0.375. The number of carbonyl (C=O) groups is 1. The summed E-state index contributed by atoms with van der Waals surface area (Å²) in [6.07, 6.45) is 0.706. The quantitative estimate of drug-likeness (QED) is 0.918. The number of aromatic nitrogens is 1. The first-order valence-electron chi connectivity index (χ1n) is 7.27. The minimum atomic E-state index is -0.226. The van der Waals surface area contributed by atoms with Crippen molar-refractivity contribution in [1.82, 2.24) is 10.5 Å². The second-order valence-corrected chi connectivity index (χ2v) is 5.46. The standard InChI is InChI=1S/C16H18N2O4/c1-10(2)14-8-12(18-22-14)16(19)17-6-5-11-3-4-13-15(7-11)21-9-20-13/h3-4,7-8,10H,5-6,9H2,1-2H3,(H,17,19). The van der Waals surface area contributed by atoms with E-state index in [1.165, 1.54) is 0 Å². The highest BCUT2D eigenvalue weighted by molar-refractivity contribution is 5.92. The van der Waals surface area contributed by atoms with Crippen molar-refractivity contribution in [3.8, 4) is 11.5 Å². The Balaban J connectivity index is 1.53. The molecular weight excluding hydrogens is 284 g/mol. The van der Waals surface area contributed by atoms with Gasteiger partial charge >= 0.3 is 0 Å². The van der Waals surface area contributed by atoms with Crippen LogP contribution in [0.2, 0.25) is 0 Å². The number of nitrogens with zero attached hydrogens (tertiary/aromatic N) is 1. The topological polar surface area (TPSA) is 73.6 Å². The molecule has 0 atom stereocenters. The summed E-state index contributed by atoms with van der Waals surface area (Å²) in [4.78, 5) is 12.0. The van der Waals surface area contributed by atoms with Crippen LogP contribution in [0.15, 0.2) is 28.8 Å². The molecule has 0 aliphatic carbocycles. The van der Waals surface area contributed by atoms with Crippen molar-refractivity contribution in [3.05, 3.63) is 41.3 Å². The van der Waals surface area contributed by atoms with Crippen LogP contribution in [0.25, 0.3) is 0 Å². The smallest absolute Gasteiger partial charge is 0.273 e. The van der Waals surface area contributed by atoms with E-state index in [1.807, 2.05) is 32.0 Å². The summed E-state index contributed by atoms with van der Waals surface area (Å²) in [6.45, 7) is 4.76. The summed E-state index contributed by atoms with van der Waals surface area (Å²) in [5.74, 6) is 2.21. The van der Waals surface area contributed by atoms with Crippen molar-refractivity contribution >= 4 is 5.91 Å². The fourth-order valence-electron chi connectivity index (χ4n) is 2.18. The van der Waals surface area contributed by atoms with Gasteiger partial charge in [0.25, 0.3) is 5.91 Å². The maximum absolute atomic E-state index is 12.0. The van der Waals surface area contributed by atoms with E-state index in [4.69, 9.17) is 14.0 Å². The third-order valence-electron chi connectivity index (χ3n) is 3.47. The van der Waals surface area contributed by atoms with E-state index in [-0.39, 0.29) is 18.6 Å². The van der Waals surface area contributed by atoms with Crippen molar-refractivity contribution in [3.63, 3.8) is 0 Å². The molecule has 2 aromatic rings. The van der Waals surface area contributed by atoms with Crippen LogP contribution in [0.4, 0.5) is 0 Å². The summed E-state index contributed by atoms with van der Waals surface area (Å²) in [5, 5.41) is 6.62. The van der Waals surface area contributed by atoms with E-state index in [0.29, 0.717) is 24.4 Å². The van der Waals surface area contributed by atoms with Gasteiger partial charge in [0.05, 0.1) is 0 Å². The van der Waals surface area contributed by atoms with E-state index in [9.17, 15) is 4.79 Å². The Labute approximate surface area is 128 Å². The zero-order valence-corrected chi connectivity index (χ0v) is 12.6. The highest BCUT2D eigenvalue weighted by Gasteiger charge is 2.15. The minimum absolute atomic E-state index is 0.211. The van der Waals surface area contributed by atoms with Crippen LogP contribution in [0, 0.1) is 0 Å². The predicted octanol–water partition coefficient (Wildman–Crippen LogP) is 2.50. The van der Waals surface area contributed by atoms with Crippen molar-refractivity contribution in [1.29, 1.82) is 0 Å². The zero-order chi connectivity index (χ0) is 15.5. The van der Waals surface area contributed by atoms with Crippen LogP contribution in [0.3, 0.4) is 0 Å². The molecule has 1 aromatic heterocycles. The number of hydrogen-bond donors (Lipinski definition) is 1. The lowest BCUT2D eigenvalue weighted by molar-refractivity contribution is 0.0945. The van der Waals surface area contributed by atoms with Gasteiger partial charge in [-0.25, -0.2) is 0 Å². The van der Waals surface area contributed by atoms with Crippen molar-refractivity contribution in [2.24, 2.45) is 0 Å². The van der Waals surface area contributed by atoms with Gasteiger partial charge in [-0.1, -0.05) is 25.1 Å². The number of nitrogens with one attached hydrogen (secondary N) is 1. The van der Waals surface area contributed by atoms with Gasteiger partial charge in [-0.2, -0.15) is 0 Å². The maximum Gasteiger partial charge on any atom is 0.273 e. The van der Waals surface area contributed by atoms with Crippen molar-refractivity contribution in [2.75, 3.05) is 13.3 Å². The molecule has 0 saturated heterocycles. The lowest BCUT2D eigenvalue weighted by Crippen LogP contribution is -2.25. The third kappa shape index (κ3) is 3.05. The number of amides is 1. The van der Waals surface area contributed by atoms with Crippen LogP contribution < -0.4 is 14.8 Å². The summed E-state index contributed by atoms with van der Waals surface area (Å²) in [7, 11) is 0. The van der Waals surface area contributed by atoms with Gasteiger partial charge in [0.1, 0.15) is 5.76 Å². The average Bonchev–Trinajstić information content (AvgIpc) is 3.16. The average molecular weight is 302 g/mol. The summed E-state index contributed by atoms with van der Waals surface area (Å²) in [6, 6.07) is 7.46. The third-order valence-corrected chi connectivity index (χ3v) is 3.47. The Morgan fingerprint density at radius 1 is 1.27 bits per heavy atom. The van der Waals surface area contributed by atoms with Gasteiger partial charge in [-0.3, -0.25) is 4.79 Å². The second kappa shape index (κ2) is 6.09. The molecule has 0 unspecified atom stereocenters. The largest absolute Gasteiger partial charge is 0.454 e. The molecule has 22 heavy (non-hydrogen) atoms. The lowest BCUT2D eigenvalue weighted by atomic mass is 10.1. The van der Waals surface area contributed by atoms with E-state index in [2.05, 4.69) is 10.5 Å². The Hall–Kier alpha value is -2.50. The number of hydrogen-bond acceptors (Lipinski definition) is 5. The highest BCUT2D eigenvalue weighted by Crippen LogP contribution is 2.32. The molecule has 1 aliphatic heterocycles. The number of fused-ring (bicyclic) bond motifs is 1. The summed E-state index contributed by atoms with van der Waals surface area (Å²) < 4.78 is 15.7. The molecule has 0 bridgehead atoms. The van der Waals surface area contributed by atoms with Crippen LogP contribution in [-0.2, 0) is 6.42 Å². The van der Waals surface area contributed by atoms with Crippen LogP contribution >= 0.6 is 0 Å². The molecule has 3 rings (SSSR count). The van der Waals surface area contributed by atoms with Gasteiger partial charge in [0.15, 0.2) is 17.2 Å². The molecule has 0 saturated carbocycles. The van der Waals surface area contributed by atoms with Gasteiger partial charge < -0.3 is 19.3 Å². The molecule has 6 heteroatoms. The molecule has 2 heterocycles. The number of benzene rings is 1. The molecule has 0 spiro atoms. The predicted molar refractivity (Wildman–Crippen MR) is 79.2 cm³/mol. The molecule has 0 radical (unpaired) electrons. The number of ether oxygens (including phenoxy) is 2. The summed E-state index contributed by atoms with van der Waals surface area (Å²) in [5.41, 5.74) is 1.39. The zero-order valence-electron chi connectivity index (χ0n) is 12.6. The Kier molecular flexibility index (Phi) is 4.00. The summed E-state index contributed by atoms with van der Waals surface area (Å²) >= 11 is 0. The van der Waals surface area contributed by atoms with Crippen LogP contribution in [0.1, 0.15) is 41.6 Å². The molecular formula is C16H18N2O4. The molecule has 1 amide bonds. The van der Waals surface area contributed by atoms with Crippen molar-refractivity contribution < 1.29 is 18.8 Å². The van der Waals surface area contributed by atoms with Gasteiger partial charge in [0, 0.05) is 18.5 Å². The molecule has 6 nitrogen and oxygen atoms in total. The van der Waals surface area contributed by atoms with Gasteiger partial charge in [0.2, 0.25) is 6.79 Å². The fourth-order valence-corrected chi connectivity index (χ4v) is 2.18. The van der Waals surface area contributed by atoms with Crippen LogP contribution in [0.5, 0.6) is 11.5 Å². The first-order chi connectivity index (χ1) is 10.6. The van der Waals surface area contributed by atoms with Crippen molar-refractivity contribution in [2.45, 2.75) is 26.2 Å². The molecule has 1 N–H and O–H groups in total. The molecule has 116 valence electrons. The monoisotopic (exact) mass is 302 g/mol. The van der Waals surface area contributed by atoms with Gasteiger partial charge in [-0.05, 0) is 24.1 Å². The highest BCUT2D eigenvalue weighted by atomic mass is 16.7. The minimum Gasteiger partial charge on any atom is -0.454 e. The normalized spacial score (nSPS) is 12.7. The SMILES string of the molecule is CC(C)c1cc(C(=O)NCCc2ccc3c(c2)OCO3)no1. The Morgan fingerprint density at radius 2 is 2.09 bits per heavy atom.